The average molecular weight is 322 g/mol. The molecule has 22 heavy (non-hydrogen) atoms. The molecule has 1 aromatic carbocycles. The molecule has 2 aliphatic heterocycles. The SMILES string of the molecule is O=C(C1CCS(=O)(=O)CC1)N1CCN(c2ccccc2)CC1. The summed E-state index contributed by atoms with van der Waals surface area (Å²) in [7, 11) is -2.90. The third kappa shape index (κ3) is 3.43. The van der Waals surface area contributed by atoms with Gasteiger partial charge >= 0.3 is 0 Å². The van der Waals surface area contributed by atoms with Crippen LogP contribution in [0.2, 0.25) is 0 Å². The zero-order chi connectivity index (χ0) is 15.6. The summed E-state index contributed by atoms with van der Waals surface area (Å²) in [4.78, 5) is 16.7. The molecule has 120 valence electrons. The first-order chi connectivity index (χ1) is 10.6. The molecule has 0 unspecified atom stereocenters. The second-order valence-corrected chi connectivity index (χ2v) is 8.38. The average Bonchev–Trinajstić information content (AvgIpc) is 2.55. The monoisotopic (exact) mass is 322 g/mol. The van der Waals surface area contributed by atoms with Crippen LogP contribution in [0.5, 0.6) is 0 Å². The molecule has 0 radical (unpaired) electrons. The highest BCUT2D eigenvalue weighted by molar-refractivity contribution is 7.91. The van der Waals surface area contributed by atoms with E-state index in [1.807, 2.05) is 23.1 Å². The van der Waals surface area contributed by atoms with Gasteiger partial charge in [-0.2, -0.15) is 0 Å². The highest BCUT2D eigenvalue weighted by Gasteiger charge is 2.32. The standard InChI is InChI=1S/C16H22N2O3S/c19-16(14-6-12-22(20,21)13-7-14)18-10-8-17(9-11-18)15-4-2-1-3-5-15/h1-5,14H,6-13H2. The molecule has 1 amide bonds. The Morgan fingerprint density at radius 1 is 0.955 bits per heavy atom. The van der Waals surface area contributed by atoms with Crippen molar-refractivity contribution in [3.05, 3.63) is 30.3 Å². The van der Waals surface area contributed by atoms with Crippen molar-refractivity contribution in [1.29, 1.82) is 0 Å². The van der Waals surface area contributed by atoms with Crippen LogP contribution in [0.25, 0.3) is 0 Å². The number of sulfone groups is 1. The van der Waals surface area contributed by atoms with Gasteiger partial charge in [-0.3, -0.25) is 4.79 Å². The van der Waals surface area contributed by atoms with Crippen LogP contribution in [0.3, 0.4) is 0 Å². The largest absolute Gasteiger partial charge is 0.368 e. The van der Waals surface area contributed by atoms with Crippen molar-refractivity contribution in [1.82, 2.24) is 4.90 Å². The Morgan fingerprint density at radius 3 is 2.14 bits per heavy atom. The lowest BCUT2D eigenvalue weighted by molar-refractivity contribution is -0.136. The Labute approximate surface area is 131 Å². The molecule has 0 N–H and O–H groups in total. The van der Waals surface area contributed by atoms with E-state index in [0.29, 0.717) is 12.8 Å². The van der Waals surface area contributed by atoms with Gasteiger partial charge < -0.3 is 9.80 Å². The van der Waals surface area contributed by atoms with Gasteiger partial charge in [0.2, 0.25) is 5.91 Å². The zero-order valence-electron chi connectivity index (χ0n) is 12.6. The lowest BCUT2D eigenvalue weighted by Crippen LogP contribution is -2.51. The van der Waals surface area contributed by atoms with E-state index >= 15 is 0 Å². The Morgan fingerprint density at radius 2 is 1.55 bits per heavy atom. The topological polar surface area (TPSA) is 57.7 Å². The van der Waals surface area contributed by atoms with Crippen molar-refractivity contribution >= 4 is 21.4 Å². The van der Waals surface area contributed by atoms with Gasteiger partial charge in [0.05, 0.1) is 11.5 Å². The smallest absolute Gasteiger partial charge is 0.225 e. The summed E-state index contributed by atoms with van der Waals surface area (Å²) >= 11 is 0. The molecule has 2 heterocycles. The Bertz CT molecular complexity index is 608. The highest BCUT2D eigenvalue weighted by atomic mass is 32.2. The van der Waals surface area contributed by atoms with E-state index < -0.39 is 9.84 Å². The first kappa shape index (κ1) is 15.3. The molecule has 0 saturated carbocycles. The number of rotatable bonds is 2. The van der Waals surface area contributed by atoms with E-state index in [0.717, 1.165) is 26.2 Å². The third-order valence-corrected chi connectivity index (χ3v) is 6.33. The maximum Gasteiger partial charge on any atom is 0.225 e. The lowest BCUT2D eigenvalue weighted by atomic mass is 10.0. The molecular formula is C16H22N2O3S. The summed E-state index contributed by atoms with van der Waals surface area (Å²) in [6, 6.07) is 10.2. The number of anilines is 1. The Kier molecular flexibility index (Phi) is 4.38. The molecule has 0 aliphatic carbocycles. The fraction of sp³-hybridized carbons (Fsp3) is 0.562. The molecule has 2 fully saturated rings. The normalized spacial score (nSPS) is 22.5. The van der Waals surface area contributed by atoms with Crippen molar-refractivity contribution in [2.75, 3.05) is 42.6 Å². The van der Waals surface area contributed by atoms with Gasteiger partial charge in [-0.15, -0.1) is 0 Å². The first-order valence-corrected chi connectivity index (χ1v) is 9.66. The lowest BCUT2D eigenvalue weighted by Gasteiger charge is -2.38. The maximum atomic E-state index is 12.5. The van der Waals surface area contributed by atoms with Gasteiger partial charge in [0.25, 0.3) is 0 Å². The maximum absolute atomic E-state index is 12.5. The molecule has 3 rings (SSSR count). The number of nitrogens with zero attached hydrogens (tertiary/aromatic N) is 2. The summed E-state index contributed by atoms with van der Waals surface area (Å²) in [5.74, 6) is 0.357. The van der Waals surface area contributed by atoms with Gasteiger partial charge in [0.1, 0.15) is 9.84 Å². The van der Waals surface area contributed by atoms with Crippen molar-refractivity contribution in [3.63, 3.8) is 0 Å². The fourth-order valence-electron chi connectivity index (χ4n) is 3.22. The number of carbonyl (C=O) groups is 1. The molecule has 0 spiro atoms. The van der Waals surface area contributed by atoms with Crippen molar-refractivity contribution < 1.29 is 13.2 Å². The fourth-order valence-corrected chi connectivity index (χ4v) is 4.71. The minimum absolute atomic E-state index is 0.105. The second-order valence-electron chi connectivity index (χ2n) is 6.07. The van der Waals surface area contributed by atoms with Crippen LogP contribution in [0.4, 0.5) is 5.69 Å². The van der Waals surface area contributed by atoms with Gasteiger partial charge in [0.15, 0.2) is 0 Å². The summed E-state index contributed by atoms with van der Waals surface area (Å²) < 4.78 is 22.9. The molecule has 2 aliphatic rings. The van der Waals surface area contributed by atoms with Gasteiger partial charge in [-0.1, -0.05) is 18.2 Å². The molecule has 6 heteroatoms. The minimum Gasteiger partial charge on any atom is -0.368 e. The van der Waals surface area contributed by atoms with Crippen LogP contribution < -0.4 is 4.90 Å². The Hall–Kier alpha value is -1.56. The van der Waals surface area contributed by atoms with E-state index in [-0.39, 0.29) is 23.3 Å². The van der Waals surface area contributed by atoms with Gasteiger partial charge in [-0.25, -0.2) is 8.42 Å². The molecular weight excluding hydrogens is 300 g/mol. The van der Waals surface area contributed by atoms with Gasteiger partial charge in [0, 0.05) is 37.8 Å². The van der Waals surface area contributed by atoms with E-state index in [1.165, 1.54) is 5.69 Å². The van der Waals surface area contributed by atoms with E-state index in [1.54, 1.807) is 0 Å². The summed E-state index contributed by atoms with van der Waals surface area (Å²) in [6.45, 7) is 3.11. The predicted molar refractivity (Wildman–Crippen MR) is 86.6 cm³/mol. The van der Waals surface area contributed by atoms with E-state index in [9.17, 15) is 13.2 Å². The summed E-state index contributed by atoms with van der Waals surface area (Å²) in [5, 5.41) is 0. The molecule has 2 saturated heterocycles. The third-order valence-electron chi connectivity index (χ3n) is 4.62. The van der Waals surface area contributed by atoms with Crippen molar-refractivity contribution in [2.24, 2.45) is 5.92 Å². The van der Waals surface area contributed by atoms with Crippen LogP contribution in [0.1, 0.15) is 12.8 Å². The first-order valence-electron chi connectivity index (χ1n) is 7.84. The number of amides is 1. The summed E-state index contributed by atoms with van der Waals surface area (Å²) in [5.41, 5.74) is 1.19. The highest BCUT2D eigenvalue weighted by Crippen LogP contribution is 2.23. The number of carbonyl (C=O) groups excluding carboxylic acids is 1. The summed E-state index contributed by atoms with van der Waals surface area (Å²) in [6.07, 6.45) is 0.972. The molecule has 5 nitrogen and oxygen atoms in total. The molecule has 1 aromatic rings. The molecule has 0 bridgehead atoms. The second kappa shape index (κ2) is 6.28. The number of piperazine rings is 1. The van der Waals surface area contributed by atoms with Gasteiger partial charge in [-0.05, 0) is 25.0 Å². The molecule has 0 atom stereocenters. The number of para-hydroxylation sites is 1. The Balaban J connectivity index is 1.54. The number of benzene rings is 1. The number of hydrogen-bond acceptors (Lipinski definition) is 4. The van der Waals surface area contributed by atoms with Crippen LogP contribution in [0, 0.1) is 5.92 Å². The van der Waals surface area contributed by atoms with Crippen LogP contribution in [-0.4, -0.2) is 56.9 Å². The predicted octanol–water partition coefficient (Wildman–Crippen LogP) is 1.16. The molecule has 0 aromatic heterocycles. The van der Waals surface area contributed by atoms with Crippen molar-refractivity contribution in [2.45, 2.75) is 12.8 Å². The van der Waals surface area contributed by atoms with Crippen LogP contribution in [0.15, 0.2) is 30.3 Å². The minimum atomic E-state index is -2.90. The quantitative estimate of drug-likeness (QED) is 0.820. The van der Waals surface area contributed by atoms with Crippen LogP contribution in [-0.2, 0) is 14.6 Å². The van der Waals surface area contributed by atoms with Crippen molar-refractivity contribution in [3.8, 4) is 0 Å². The number of hydrogen-bond donors (Lipinski definition) is 0. The van der Waals surface area contributed by atoms with E-state index in [4.69, 9.17) is 0 Å². The van der Waals surface area contributed by atoms with E-state index in [2.05, 4.69) is 17.0 Å². The van der Waals surface area contributed by atoms with Crippen LogP contribution >= 0.6 is 0 Å². The zero-order valence-corrected chi connectivity index (χ0v) is 13.5.